The summed E-state index contributed by atoms with van der Waals surface area (Å²) in [5, 5.41) is 0. The third kappa shape index (κ3) is 5.58. The van der Waals surface area contributed by atoms with E-state index in [0.29, 0.717) is 0 Å². The summed E-state index contributed by atoms with van der Waals surface area (Å²) < 4.78 is 0. The van der Waals surface area contributed by atoms with Crippen LogP contribution in [0.5, 0.6) is 0 Å². The van der Waals surface area contributed by atoms with E-state index in [4.69, 9.17) is 0 Å². The molecule has 0 fully saturated rings. The second-order valence-corrected chi connectivity index (χ2v) is 4.88. The highest BCUT2D eigenvalue weighted by atomic mass is 14.2. The van der Waals surface area contributed by atoms with E-state index in [9.17, 15) is 0 Å². The van der Waals surface area contributed by atoms with Crippen LogP contribution in [0.4, 0.5) is 0 Å². The van der Waals surface area contributed by atoms with Crippen molar-refractivity contribution in [3.63, 3.8) is 0 Å². The van der Waals surface area contributed by atoms with Gasteiger partial charge in [-0.3, -0.25) is 0 Å². The first-order valence-electron chi connectivity index (χ1n) is 4.95. The van der Waals surface area contributed by atoms with Crippen molar-refractivity contribution in [2.45, 2.75) is 34.6 Å². The molecule has 0 aromatic heterocycles. The van der Waals surface area contributed by atoms with Crippen LogP contribution in [-0.2, 0) is 0 Å². The van der Waals surface area contributed by atoms with Gasteiger partial charge in [-0.15, -0.1) is 0 Å². The number of hydrogen-bond acceptors (Lipinski definition) is 0. The van der Waals surface area contributed by atoms with Crippen LogP contribution < -0.4 is 0 Å². The van der Waals surface area contributed by atoms with Crippen molar-refractivity contribution in [1.29, 1.82) is 0 Å². The van der Waals surface area contributed by atoms with Gasteiger partial charge >= 0.3 is 0 Å². The van der Waals surface area contributed by atoms with Gasteiger partial charge < -0.3 is 0 Å². The van der Waals surface area contributed by atoms with E-state index in [0.717, 1.165) is 11.1 Å². The summed E-state index contributed by atoms with van der Waals surface area (Å²) in [6.07, 6.45) is 6.29. The lowest BCUT2D eigenvalue weighted by Crippen LogP contribution is -2.07. The first kappa shape index (κ1) is 13.0. The van der Waals surface area contributed by atoms with Crippen LogP contribution >= 0.6 is 0 Å². The normalized spacial score (nSPS) is 13.4. The Bertz CT molecular complexity index is 280. The summed E-state index contributed by atoms with van der Waals surface area (Å²) in [5.41, 5.74) is 3.60. The predicted octanol–water partition coefficient (Wildman–Crippen LogP) is 4.67. The Labute approximate surface area is 88.7 Å². The molecule has 0 heterocycles. The summed E-state index contributed by atoms with van der Waals surface area (Å²) in [6.45, 7) is 18.4. The van der Waals surface area contributed by atoms with Crippen molar-refractivity contribution in [2.75, 3.05) is 0 Å². The maximum Gasteiger partial charge on any atom is -0.0132 e. The van der Waals surface area contributed by atoms with E-state index in [1.54, 1.807) is 0 Å². The smallest absolute Gasteiger partial charge is 0.0132 e. The molecule has 0 rings (SSSR count). The lowest BCUT2D eigenvalue weighted by atomic mass is 9.85. The molecule has 0 heteroatoms. The molecule has 0 saturated carbocycles. The van der Waals surface area contributed by atoms with Crippen LogP contribution in [-0.4, -0.2) is 0 Å². The molecule has 0 N–H and O–H groups in total. The fourth-order valence-corrected chi connectivity index (χ4v) is 1.01. The van der Waals surface area contributed by atoms with Crippen LogP contribution in [0, 0.1) is 5.41 Å². The van der Waals surface area contributed by atoms with Crippen molar-refractivity contribution >= 4 is 0 Å². The maximum absolute atomic E-state index is 3.90. The third-order valence-electron chi connectivity index (χ3n) is 1.82. The van der Waals surface area contributed by atoms with E-state index in [1.165, 1.54) is 5.57 Å². The second kappa shape index (κ2) is 4.99. The zero-order chi connectivity index (χ0) is 11.4. The van der Waals surface area contributed by atoms with Crippen LogP contribution in [0.3, 0.4) is 0 Å². The summed E-state index contributed by atoms with van der Waals surface area (Å²) >= 11 is 0. The molecule has 78 valence electrons. The molecule has 0 aliphatic carbocycles. The molecule has 0 nitrogen and oxygen atoms in total. The van der Waals surface area contributed by atoms with Gasteiger partial charge in [0.2, 0.25) is 0 Å². The minimum Gasteiger partial charge on any atom is -0.0961 e. The van der Waals surface area contributed by atoms with Crippen LogP contribution in [0.1, 0.15) is 34.6 Å². The van der Waals surface area contributed by atoms with E-state index in [2.05, 4.69) is 46.1 Å². The van der Waals surface area contributed by atoms with E-state index in [1.807, 2.05) is 19.9 Å². The number of allylic oxidation sites excluding steroid dienone is 6. The molecule has 0 saturated heterocycles. The fourth-order valence-electron chi connectivity index (χ4n) is 1.01. The number of hydrogen-bond donors (Lipinski definition) is 0. The Hall–Kier alpha value is -1.04. The Morgan fingerprint density at radius 3 is 1.71 bits per heavy atom. The molecule has 14 heavy (non-hydrogen) atoms. The zero-order valence-electron chi connectivity index (χ0n) is 10.1. The summed E-state index contributed by atoms with van der Waals surface area (Å²) in [7, 11) is 0. The van der Waals surface area contributed by atoms with E-state index >= 15 is 0 Å². The van der Waals surface area contributed by atoms with Crippen molar-refractivity contribution in [3.05, 3.63) is 48.1 Å². The average molecular weight is 190 g/mol. The molecule has 0 spiro atoms. The molecular formula is C14H22. The van der Waals surface area contributed by atoms with Gasteiger partial charge in [-0.2, -0.15) is 0 Å². The van der Waals surface area contributed by atoms with Gasteiger partial charge in [0.25, 0.3) is 0 Å². The highest BCUT2D eigenvalue weighted by Crippen LogP contribution is 2.27. The summed E-state index contributed by atoms with van der Waals surface area (Å²) in [5.74, 6) is 0. The van der Waals surface area contributed by atoms with Crippen LogP contribution in [0.15, 0.2) is 48.1 Å². The highest BCUT2D eigenvalue weighted by Gasteiger charge is 2.13. The molecule has 0 aliphatic rings. The van der Waals surface area contributed by atoms with Crippen molar-refractivity contribution < 1.29 is 0 Å². The molecule has 0 aromatic rings. The molecule has 0 amide bonds. The van der Waals surface area contributed by atoms with Crippen LogP contribution in [0.2, 0.25) is 0 Å². The standard InChI is InChI=1S/C14H22/c1-11(2)8-9-13(10-12(3)4)14(5,6)7/h8-10H,1,3H2,2,4-7H3/b9-8-,13-10+. The number of rotatable bonds is 3. The lowest BCUT2D eigenvalue weighted by Gasteiger charge is -2.20. The quantitative estimate of drug-likeness (QED) is 0.567. The first-order valence-corrected chi connectivity index (χ1v) is 4.95. The van der Waals surface area contributed by atoms with Gasteiger partial charge in [0.05, 0.1) is 0 Å². The SMILES string of the molecule is C=C(C)/C=C\C(=C/C(=C)C)C(C)(C)C. The Morgan fingerprint density at radius 2 is 1.43 bits per heavy atom. The lowest BCUT2D eigenvalue weighted by molar-refractivity contribution is 0.516. The van der Waals surface area contributed by atoms with Gasteiger partial charge in [0.15, 0.2) is 0 Å². The molecule has 0 aliphatic heterocycles. The largest absolute Gasteiger partial charge is 0.0961 e. The fraction of sp³-hybridized carbons (Fsp3) is 0.429. The predicted molar refractivity (Wildman–Crippen MR) is 66.3 cm³/mol. The third-order valence-corrected chi connectivity index (χ3v) is 1.82. The Morgan fingerprint density at radius 1 is 0.929 bits per heavy atom. The topological polar surface area (TPSA) is 0 Å². The second-order valence-electron chi connectivity index (χ2n) is 4.88. The minimum atomic E-state index is 0.158. The Balaban J connectivity index is 4.94. The van der Waals surface area contributed by atoms with Gasteiger partial charge in [-0.25, -0.2) is 0 Å². The molecule has 0 unspecified atom stereocenters. The molecular weight excluding hydrogens is 168 g/mol. The van der Waals surface area contributed by atoms with Gasteiger partial charge in [-0.05, 0) is 24.8 Å². The highest BCUT2D eigenvalue weighted by molar-refractivity contribution is 5.34. The van der Waals surface area contributed by atoms with Gasteiger partial charge in [-0.1, -0.05) is 63.3 Å². The van der Waals surface area contributed by atoms with Gasteiger partial charge in [0.1, 0.15) is 0 Å². The van der Waals surface area contributed by atoms with Crippen LogP contribution in [0.25, 0.3) is 0 Å². The molecule has 0 aromatic carbocycles. The summed E-state index contributed by atoms with van der Waals surface area (Å²) in [6, 6.07) is 0. The van der Waals surface area contributed by atoms with Gasteiger partial charge in [0, 0.05) is 0 Å². The summed E-state index contributed by atoms with van der Waals surface area (Å²) in [4.78, 5) is 0. The monoisotopic (exact) mass is 190 g/mol. The van der Waals surface area contributed by atoms with Crippen molar-refractivity contribution in [1.82, 2.24) is 0 Å². The van der Waals surface area contributed by atoms with Crippen molar-refractivity contribution in [2.24, 2.45) is 5.41 Å². The molecule has 0 bridgehead atoms. The zero-order valence-corrected chi connectivity index (χ0v) is 10.1. The van der Waals surface area contributed by atoms with Crippen molar-refractivity contribution in [3.8, 4) is 0 Å². The molecule has 0 atom stereocenters. The van der Waals surface area contributed by atoms with E-state index in [-0.39, 0.29) is 5.41 Å². The maximum atomic E-state index is 3.90. The minimum absolute atomic E-state index is 0.158. The average Bonchev–Trinajstić information content (AvgIpc) is 1.94. The molecule has 0 radical (unpaired) electrons. The first-order chi connectivity index (χ1) is 6.23. The van der Waals surface area contributed by atoms with E-state index < -0.39 is 0 Å². The Kier molecular flexibility index (Phi) is 4.62.